The van der Waals surface area contributed by atoms with Crippen molar-refractivity contribution in [2.75, 3.05) is 32.8 Å². The summed E-state index contributed by atoms with van der Waals surface area (Å²) in [5.41, 5.74) is 0.985. The van der Waals surface area contributed by atoms with Gasteiger partial charge in [0.15, 0.2) is 11.5 Å². The molecule has 20 heavy (non-hydrogen) atoms. The Morgan fingerprint density at radius 2 is 1.85 bits per heavy atom. The minimum atomic E-state index is -3.53. The maximum absolute atomic E-state index is 12.9. The highest BCUT2D eigenvalue weighted by molar-refractivity contribution is 5.45. The van der Waals surface area contributed by atoms with E-state index in [-0.39, 0.29) is 11.5 Å². The Labute approximate surface area is 116 Å². The van der Waals surface area contributed by atoms with Gasteiger partial charge in [-0.15, -0.1) is 8.78 Å². The van der Waals surface area contributed by atoms with Crippen molar-refractivity contribution in [3.8, 4) is 11.5 Å². The van der Waals surface area contributed by atoms with Gasteiger partial charge in [0.2, 0.25) is 0 Å². The number of ether oxygens (including phenoxy) is 3. The van der Waals surface area contributed by atoms with Crippen LogP contribution in [-0.2, 0) is 11.2 Å². The minimum Gasteiger partial charge on any atom is -0.395 e. The molecule has 1 aromatic carbocycles. The summed E-state index contributed by atoms with van der Waals surface area (Å²) < 4.78 is 39.9. The number of hydrogen-bond acceptors (Lipinski definition) is 4. The van der Waals surface area contributed by atoms with Gasteiger partial charge in [0.1, 0.15) is 0 Å². The fourth-order valence-electron chi connectivity index (χ4n) is 2.48. The molecule has 2 aliphatic rings. The van der Waals surface area contributed by atoms with E-state index in [0.29, 0.717) is 0 Å². The highest BCUT2D eigenvalue weighted by Crippen LogP contribution is 2.41. The van der Waals surface area contributed by atoms with Crippen LogP contribution in [0.2, 0.25) is 0 Å². The highest BCUT2D eigenvalue weighted by atomic mass is 19.3. The summed E-state index contributed by atoms with van der Waals surface area (Å²) in [5, 5.41) is 0. The van der Waals surface area contributed by atoms with E-state index in [9.17, 15) is 8.78 Å². The third kappa shape index (κ3) is 3.19. The van der Waals surface area contributed by atoms with Crippen molar-refractivity contribution in [2.24, 2.45) is 0 Å². The van der Waals surface area contributed by atoms with Crippen molar-refractivity contribution < 1.29 is 23.0 Å². The predicted molar refractivity (Wildman–Crippen MR) is 68.2 cm³/mol. The van der Waals surface area contributed by atoms with E-state index in [0.717, 1.165) is 51.3 Å². The van der Waals surface area contributed by atoms with Gasteiger partial charge >= 0.3 is 6.29 Å². The molecule has 2 aliphatic heterocycles. The van der Waals surface area contributed by atoms with E-state index in [2.05, 4.69) is 14.4 Å². The molecule has 6 heteroatoms. The number of aryl methyl sites for hydroxylation is 1. The summed E-state index contributed by atoms with van der Waals surface area (Å²) in [7, 11) is 0. The van der Waals surface area contributed by atoms with Crippen molar-refractivity contribution in [1.82, 2.24) is 4.90 Å². The monoisotopic (exact) mass is 285 g/mol. The SMILES string of the molecule is FC1(F)Oc2ccc(CCCN3CCOCC3)cc2O1. The van der Waals surface area contributed by atoms with Gasteiger partial charge in [-0.2, -0.15) is 0 Å². The van der Waals surface area contributed by atoms with Gasteiger partial charge in [-0.25, -0.2) is 0 Å². The van der Waals surface area contributed by atoms with E-state index >= 15 is 0 Å². The van der Waals surface area contributed by atoms with Crippen molar-refractivity contribution in [3.05, 3.63) is 23.8 Å². The standard InChI is InChI=1S/C14H17F2NO3/c15-14(16)19-12-4-3-11(10-13(12)20-14)2-1-5-17-6-8-18-9-7-17/h3-4,10H,1-2,5-9H2. The summed E-state index contributed by atoms with van der Waals surface area (Å²) in [5.74, 6) is 0.228. The molecule has 0 radical (unpaired) electrons. The van der Waals surface area contributed by atoms with Crippen molar-refractivity contribution in [3.63, 3.8) is 0 Å². The number of morpholine rings is 1. The molecule has 0 aromatic heterocycles. The molecule has 4 nitrogen and oxygen atoms in total. The van der Waals surface area contributed by atoms with Crippen molar-refractivity contribution in [1.29, 1.82) is 0 Å². The quantitative estimate of drug-likeness (QED) is 0.849. The number of nitrogens with zero attached hydrogens (tertiary/aromatic N) is 1. The first-order chi connectivity index (χ1) is 9.62. The second-order valence-corrected chi connectivity index (χ2v) is 5.01. The zero-order valence-electron chi connectivity index (χ0n) is 11.1. The van der Waals surface area contributed by atoms with Crippen LogP contribution in [-0.4, -0.2) is 44.0 Å². The zero-order chi connectivity index (χ0) is 14.0. The van der Waals surface area contributed by atoms with Gasteiger partial charge in [0.25, 0.3) is 0 Å². The molecule has 2 heterocycles. The zero-order valence-corrected chi connectivity index (χ0v) is 11.1. The smallest absolute Gasteiger partial charge is 0.395 e. The Kier molecular flexibility index (Phi) is 3.76. The maximum atomic E-state index is 12.9. The van der Waals surface area contributed by atoms with Gasteiger partial charge in [-0.1, -0.05) is 6.07 Å². The number of benzene rings is 1. The first-order valence-electron chi connectivity index (χ1n) is 6.81. The Balaban J connectivity index is 1.51. The number of hydrogen-bond donors (Lipinski definition) is 0. The van der Waals surface area contributed by atoms with E-state index in [1.165, 1.54) is 0 Å². The lowest BCUT2D eigenvalue weighted by molar-refractivity contribution is -0.286. The summed E-state index contributed by atoms with van der Waals surface area (Å²) in [6.45, 7) is 4.51. The summed E-state index contributed by atoms with van der Waals surface area (Å²) in [4.78, 5) is 2.35. The van der Waals surface area contributed by atoms with Crippen LogP contribution in [0.25, 0.3) is 0 Å². The molecule has 1 saturated heterocycles. The number of fused-ring (bicyclic) bond motifs is 1. The van der Waals surface area contributed by atoms with Gasteiger partial charge in [-0.3, -0.25) is 4.90 Å². The fourth-order valence-corrected chi connectivity index (χ4v) is 2.48. The molecule has 0 spiro atoms. The van der Waals surface area contributed by atoms with Crippen LogP contribution in [0.5, 0.6) is 11.5 Å². The van der Waals surface area contributed by atoms with E-state index < -0.39 is 6.29 Å². The highest BCUT2D eigenvalue weighted by Gasteiger charge is 2.43. The molecule has 1 aromatic rings. The minimum absolute atomic E-state index is 0.104. The lowest BCUT2D eigenvalue weighted by atomic mass is 10.1. The second-order valence-electron chi connectivity index (χ2n) is 5.01. The molecule has 0 N–H and O–H groups in total. The van der Waals surface area contributed by atoms with Crippen LogP contribution in [0, 0.1) is 0 Å². The normalized spacial score (nSPS) is 21.1. The van der Waals surface area contributed by atoms with Crippen LogP contribution in [0.3, 0.4) is 0 Å². The first kappa shape index (κ1) is 13.6. The van der Waals surface area contributed by atoms with Crippen LogP contribution in [0.15, 0.2) is 18.2 Å². The third-order valence-electron chi connectivity index (χ3n) is 3.51. The fraction of sp³-hybridized carbons (Fsp3) is 0.571. The maximum Gasteiger partial charge on any atom is 0.586 e. The van der Waals surface area contributed by atoms with Gasteiger partial charge < -0.3 is 14.2 Å². The van der Waals surface area contributed by atoms with Gasteiger partial charge in [-0.05, 0) is 37.1 Å². The lowest BCUT2D eigenvalue weighted by Gasteiger charge is -2.26. The van der Waals surface area contributed by atoms with Crippen LogP contribution >= 0.6 is 0 Å². The lowest BCUT2D eigenvalue weighted by Crippen LogP contribution is -2.36. The topological polar surface area (TPSA) is 30.9 Å². The number of halogens is 2. The molecule has 0 atom stereocenters. The molecule has 0 aliphatic carbocycles. The Bertz CT molecular complexity index is 475. The Morgan fingerprint density at radius 3 is 2.65 bits per heavy atom. The predicted octanol–water partition coefficient (Wildman–Crippen LogP) is 2.27. The molecule has 3 rings (SSSR count). The van der Waals surface area contributed by atoms with Crippen molar-refractivity contribution in [2.45, 2.75) is 19.1 Å². The summed E-state index contributed by atoms with van der Waals surface area (Å²) in [6.07, 6.45) is -1.72. The first-order valence-corrected chi connectivity index (χ1v) is 6.81. The largest absolute Gasteiger partial charge is 0.586 e. The number of alkyl halides is 2. The van der Waals surface area contributed by atoms with Gasteiger partial charge in [0, 0.05) is 13.1 Å². The van der Waals surface area contributed by atoms with E-state index in [1.807, 2.05) is 6.07 Å². The van der Waals surface area contributed by atoms with Crippen LogP contribution in [0.1, 0.15) is 12.0 Å². The average Bonchev–Trinajstić information content (AvgIpc) is 2.73. The average molecular weight is 285 g/mol. The number of rotatable bonds is 4. The second kappa shape index (κ2) is 5.54. The van der Waals surface area contributed by atoms with E-state index in [4.69, 9.17) is 4.74 Å². The molecule has 0 amide bonds. The Morgan fingerprint density at radius 1 is 1.10 bits per heavy atom. The summed E-state index contributed by atoms with van der Waals surface area (Å²) in [6, 6.07) is 4.98. The van der Waals surface area contributed by atoms with Gasteiger partial charge in [0.05, 0.1) is 13.2 Å². The van der Waals surface area contributed by atoms with Crippen LogP contribution < -0.4 is 9.47 Å². The van der Waals surface area contributed by atoms with Crippen molar-refractivity contribution >= 4 is 0 Å². The molecule has 0 unspecified atom stereocenters. The molecular weight excluding hydrogens is 268 g/mol. The molecular formula is C14H17F2NO3. The Hall–Kier alpha value is -1.40. The molecule has 0 saturated carbocycles. The third-order valence-corrected chi connectivity index (χ3v) is 3.51. The molecule has 110 valence electrons. The molecule has 0 bridgehead atoms. The van der Waals surface area contributed by atoms with Crippen LogP contribution in [0.4, 0.5) is 8.78 Å². The summed E-state index contributed by atoms with van der Waals surface area (Å²) >= 11 is 0. The van der Waals surface area contributed by atoms with E-state index in [1.54, 1.807) is 12.1 Å². The molecule has 1 fully saturated rings.